The molecule has 25 heavy (non-hydrogen) atoms. The molecule has 3 rings (SSSR count). The summed E-state index contributed by atoms with van der Waals surface area (Å²) in [6, 6.07) is 18.0. The minimum atomic E-state index is 0.393. The number of hydrogen-bond acceptors (Lipinski definition) is 4. The lowest BCUT2D eigenvalue weighted by Gasteiger charge is -2.13. The molecule has 1 heterocycles. The van der Waals surface area contributed by atoms with Crippen LogP contribution in [0.25, 0.3) is 11.5 Å². The van der Waals surface area contributed by atoms with Gasteiger partial charge in [0.05, 0.1) is 13.7 Å². The monoisotopic (exact) mass is 356 g/mol. The zero-order valence-corrected chi connectivity index (χ0v) is 15.3. The summed E-state index contributed by atoms with van der Waals surface area (Å²) in [4.78, 5) is 1.65. The molecule has 0 aliphatic carbocycles. The fraction of sp³-hybridized carbons (Fsp3) is 0.263. The van der Waals surface area contributed by atoms with E-state index < -0.39 is 0 Å². The maximum Gasteiger partial charge on any atom is 0.292 e. The van der Waals surface area contributed by atoms with E-state index in [2.05, 4.69) is 24.3 Å². The number of benzene rings is 2. The van der Waals surface area contributed by atoms with Crippen molar-refractivity contribution < 1.29 is 14.1 Å². The lowest BCUT2D eigenvalue weighted by Crippen LogP contribution is -3.07. The number of quaternary nitrogens is 1. The van der Waals surface area contributed by atoms with Gasteiger partial charge in [-0.1, -0.05) is 18.2 Å². The van der Waals surface area contributed by atoms with Crippen molar-refractivity contribution in [3.63, 3.8) is 0 Å². The Morgan fingerprint density at radius 2 is 1.84 bits per heavy atom. The van der Waals surface area contributed by atoms with E-state index in [1.807, 2.05) is 49.4 Å². The van der Waals surface area contributed by atoms with Crippen LogP contribution in [0, 0.1) is 4.84 Å². The van der Waals surface area contributed by atoms with E-state index in [4.69, 9.17) is 21.4 Å². The third-order valence-electron chi connectivity index (χ3n) is 3.79. The van der Waals surface area contributed by atoms with Crippen molar-refractivity contribution in [2.45, 2.75) is 20.1 Å². The van der Waals surface area contributed by atoms with Crippen molar-refractivity contribution in [3.05, 3.63) is 65.0 Å². The van der Waals surface area contributed by atoms with Gasteiger partial charge in [-0.3, -0.25) is 0 Å². The summed E-state index contributed by atoms with van der Waals surface area (Å²) < 4.78 is 12.8. The minimum absolute atomic E-state index is 0.393. The summed E-state index contributed by atoms with van der Waals surface area (Å²) in [6.07, 6.45) is 0. The molecular formula is C19H22N3O2S+. The normalized spacial score (nSPS) is 12.1. The van der Waals surface area contributed by atoms with Gasteiger partial charge in [0, 0.05) is 11.1 Å². The second-order valence-electron chi connectivity index (χ2n) is 5.91. The fourth-order valence-corrected chi connectivity index (χ4v) is 2.82. The number of nitrogens with zero attached hydrogens (tertiary/aromatic N) is 2. The van der Waals surface area contributed by atoms with Gasteiger partial charge in [-0.2, -0.15) is 4.68 Å². The van der Waals surface area contributed by atoms with Crippen molar-refractivity contribution in [1.82, 2.24) is 9.78 Å². The Labute approximate surface area is 152 Å². The molecule has 0 saturated carbocycles. The molecule has 1 atom stereocenters. The number of rotatable bonds is 7. The Kier molecular flexibility index (Phi) is 5.63. The first-order valence-electron chi connectivity index (χ1n) is 8.32. The van der Waals surface area contributed by atoms with E-state index in [1.54, 1.807) is 4.68 Å². The molecule has 0 bridgehead atoms. The summed E-state index contributed by atoms with van der Waals surface area (Å²) in [5.41, 5.74) is 2.16. The molecule has 0 radical (unpaired) electrons. The highest BCUT2D eigenvalue weighted by molar-refractivity contribution is 7.71. The lowest BCUT2D eigenvalue weighted by molar-refractivity contribution is -0.917. The predicted octanol–water partition coefficient (Wildman–Crippen LogP) is 2.94. The zero-order chi connectivity index (χ0) is 17.6. The first-order valence-corrected chi connectivity index (χ1v) is 8.73. The van der Waals surface area contributed by atoms with Gasteiger partial charge in [-0.05, 0) is 55.5 Å². The van der Waals surface area contributed by atoms with Crippen molar-refractivity contribution >= 4 is 12.2 Å². The van der Waals surface area contributed by atoms with E-state index in [-0.39, 0.29) is 0 Å². The highest BCUT2D eigenvalue weighted by atomic mass is 32.1. The molecule has 0 spiro atoms. The molecule has 5 nitrogen and oxygen atoms in total. The number of nitrogens with one attached hydrogen (secondary N) is 1. The number of aromatic nitrogens is 2. The smallest absolute Gasteiger partial charge is 0.292 e. The SMILES string of the molecule is CCOc1ccc(C[NH+](C)Cn2nc(-c3ccccc3)oc2=S)cc1. The predicted molar refractivity (Wildman–Crippen MR) is 99.0 cm³/mol. The molecule has 0 aliphatic heterocycles. The second kappa shape index (κ2) is 8.09. The first kappa shape index (κ1) is 17.4. The molecular weight excluding hydrogens is 334 g/mol. The van der Waals surface area contributed by atoms with Gasteiger partial charge >= 0.3 is 0 Å². The molecule has 0 amide bonds. The Hall–Kier alpha value is -2.44. The van der Waals surface area contributed by atoms with Crippen LogP contribution in [0.3, 0.4) is 0 Å². The molecule has 1 N–H and O–H groups in total. The fourth-order valence-electron chi connectivity index (χ4n) is 2.63. The van der Waals surface area contributed by atoms with Crippen LogP contribution < -0.4 is 9.64 Å². The minimum Gasteiger partial charge on any atom is -0.494 e. The average molecular weight is 356 g/mol. The van der Waals surface area contributed by atoms with Crippen LogP contribution in [-0.2, 0) is 13.2 Å². The van der Waals surface area contributed by atoms with Crippen LogP contribution in [0.4, 0.5) is 0 Å². The van der Waals surface area contributed by atoms with E-state index in [0.29, 0.717) is 24.0 Å². The van der Waals surface area contributed by atoms with Crippen LogP contribution in [0.1, 0.15) is 12.5 Å². The van der Waals surface area contributed by atoms with Gasteiger partial charge in [0.15, 0.2) is 6.67 Å². The number of ether oxygens (including phenoxy) is 1. The van der Waals surface area contributed by atoms with Gasteiger partial charge in [0.1, 0.15) is 12.3 Å². The highest BCUT2D eigenvalue weighted by Gasteiger charge is 2.12. The van der Waals surface area contributed by atoms with Crippen LogP contribution in [0.2, 0.25) is 0 Å². The molecule has 1 unspecified atom stereocenters. The van der Waals surface area contributed by atoms with E-state index in [1.165, 1.54) is 10.5 Å². The highest BCUT2D eigenvalue weighted by Crippen LogP contribution is 2.16. The number of hydrogen-bond donors (Lipinski definition) is 1. The Morgan fingerprint density at radius 1 is 1.12 bits per heavy atom. The van der Waals surface area contributed by atoms with Gasteiger partial charge in [0.2, 0.25) is 5.89 Å². The van der Waals surface area contributed by atoms with Gasteiger partial charge in [-0.25, -0.2) is 0 Å². The second-order valence-corrected chi connectivity index (χ2v) is 6.26. The van der Waals surface area contributed by atoms with Crippen LogP contribution in [0.5, 0.6) is 5.75 Å². The summed E-state index contributed by atoms with van der Waals surface area (Å²) in [6.45, 7) is 4.17. The molecule has 0 aliphatic rings. The largest absolute Gasteiger partial charge is 0.494 e. The molecule has 3 aromatic rings. The maximum atomic E-state index is 5.63. The molecule has 2 aromatic carbocycles. The van der Waals surface area contributed by atoms with Crippen LogP contribution >= 0.6 is 12.2 Å². The van der Waals surface area contributed by atoms with Crippen molar-refractivity contribution in [2.24, 2.45) is 0 Å². The molecule has 130 valence electrons. The Balaban J connectivity index is 1.66. The van der Waals surface area contributed by atoms with E-state index in [9.17, 15) is 0 Å². The van der Waals surface area contributed by atoms with Gasteiger partial charge in [-0.15, -0.1) is 5.10 Å². The van der Waals surface area contributed by atoms with Crippen LogP contribution in [-0.4, -0.2) is 23.4 Å². The molecule has 0 saturated heterocycles. The topological polar surface area (TPSA) is 44.6 Å². The molecule has 6 heteroatoms. The summed E-state index contributed by atoms with van der Waals surface area (Å²) in [7, 11) is 2.11. The summed E-state index contributed by atoms with van der Waals surface area (Å²) in [5, 5.41) is 4.51. The molecule has 0 fully saturated rings. The standard InChI is InChI=1S/C19H21N3O2S/c1-3-23-17-11-9-15(10-12-17)13-21(2)14-22-19(25)24-18(20-22)16-7-5-4-6-8-16/h4-12H,3,13-14H2,1-2H3/p+1. The quantitative estimate of drug-likeness (QED) is 0.661. The van der Waals surface area contributed by atoms with E-state index >= 15 is 0 Å². The summed E-state index contributed by atoms with van der Waals surface area (Å²) >= 11 is 5.31. The van der Waals surface area contributed by atoms with Crippen molar-refractivity contribution in [2.75, 3.05) is 13.7 Å². The lowest BCUT2D eigenvalue weighted by atomic mass is 10.2. The van der Waals surface area contributed by atoms with Gasteiger partial charge < -0.3 is 14.1 Å². The van der Waals surface area contributed by atoms with Gasteiger partial charge in [0.25, 0.3) is 4.84 Å². The Bertz CT molecular complexity index is 856. The third kappa shape index (κ3) is 4.55. The van der Waals surface area contributed by atoms with E-state index in [0.717, 1.165) is 17.9 Å². The van der Waals surface area contributed by atoms with Crippen molar-refractivity contribution in [1.29, 1.82) is 0 Å². The summed E-state index contributed by atoms with van der Waals surface area (Å²) in [5.74, 6) is 1.45. The maximum absolute atomic E-state index is 5.63. The van der Waals surface area contributed by atoms with Crippen LogP contribution in [0.15, 0.2) is 59.0 Å². The Morgan fingerprint density at radius 3 is 2.52 bits per heavy atom. The first-order chi connectivity index (χ1) is 12.2. The zero-order valence-electron chi connectivity index (χ0n) is 14.4. The van der Waals surface area contributed by atoms with Crippen molar-refractivity contribution in [3.8, 4) is 17.2 Å². The third-order valence-corrected chi connectivity index (χ3v) is 4.08. The average Bonchev–Trinajstić information content (AvgIpc) is 2.98. The molecule has 1 aromatic heterocycles.